The predicted octanol–water partition coefficient (Wildman–Crippen LogP) is 3.55. The van der Waals surface area contributed by atoms with E-state index in [0.717, 1.165) is 32.0 Å². The lowest BCUT2D eigenvalue weighted by Crippen LogP contribution is -2.38. The molecular weight excluding hydrogens is 257 g/mol. The van der Waals surface area contributed by atoms with E-state index in [9.17, 15) is 9.18 Å². The average Bonchev–Trinajstić information content (AvgIpc) is 2.37. The first kappa shape index (κ1) is 14.6. The third-order valence-electron chi connectivity index (χ3n) is 3.86. The summed E-state index contributed by atoms with van der Waals surface area (Å²) < 4.78 is 14.1. The molecule has 1 aliphatic rings. The quantitative estimate of drug-likeness (QED) is 0.859. The zero-order valence-corrected chi connectivity index (χ0v) is 11.9. The molecule has 1 saturated heterocycles. The van der Waals surface area contributed by atoms with Crippen LogP contribution < -0.4 is 4.90 Å². The summed E-state index contributed by atoms with van der Waals surface area (Å²) in [5, 5.41) is 8.72. The second-order valence-corrected chi connectivity index (χ2v) is 6.00. The zero-order chi connectivity index (χ0) is 14.8. The van der Waals surface area contributed by atoms with Gasteiger partial charge in [0, 0.05) is 24.7 Å². The molecule has 0 bridgehead atoms. The minimum Gasteiger partial charge on any atom is -0.478 e. The first-order chi connectivity index (χ1) is 9.39. The van der Waals surface area contributed by atoms with Gasteiger partial charge in [0.25, 0.3) is 0 Å². The largest absolute Gasteiger partial charge is 0.478 e. The van der Waals surface area contributed by atoms with E-state index < -0.39 is 5.97 Å². The Labute approximate surface area is 118 Å². The highest BCUT2D eigenvalue weighted by molar-refractivity contribution is 5.87. The number of carbonyl (C=O) groups is 1. The molecule has 108 valence electrons. The zero-order valence-electron chi connectivity index (χ0n) is 11.9. The summed E-state index contributed by atoms with van der Waals surface area (Å²) in [6.45, 7) is 6.03. The van der Waals surface area contributed by atoms with Crippen molar-refractivity contribution < 1.29 is 14.3 Å². The Kier molecular flexibility index (Phi) is 4.12. The second kappa shape index (κ2) is 5.65. The number of hydrogen-bond donors (Lipinski definition) is 1. The molecule has 20 heavy (non-hydrogen) atoms. The smallest absolute Gasteiger partial charge is 0.328 e. The van der Waals surface area contributed by atoms with Crippen LogP contribution >= 0.6 is 0 Å². The summed E-state index contributed by atoms with van der Waals surface area (Å²) in [7, 11) is 0. The third-order valence-corrected chi connectivity index (χ3v) is 3.86. The van der Waals surface area contributed by atoms with Gasteiger partial charge in [0.15, 0.2) is 0 Å². The molecule has 1 heterocycles. The van der Waals surface area contributed by atoms with E-state index in [-0.39, 0.29) is 5.82 Å². The van der Waals surface area contributed by atoms with Crippen LogP contribution in [0.3, 0.4) is 0 Å². The molecule has 1 fully saturated rings. The van der Waals surface area contributed by atoms with E-state index in [1.165, 1.54) is 12.1 Å². The number of rotatable bonds is 3. The van der Waals surface area contributed by atoms with E-state index in [4.69, 9.17) is 5.11 Å². The number of anilines is 1. The predicted molar refractivity (Wildman–Crippen MR) is 78.3 cm³/mol. The van der Waals surface area contributed by atoms with Gasteiger partial charge in [0.2, 0.25) is 0 Å². The minimum atomic E-state index is -1.03. The maximum atomic E-state index is 14.1. The molecule has 4 heteroatoms. The molecular formula is C16H20FNO2. The fourth-order valence-electron chi connectivity index (χ4n) is 2.50. The Morgan fingerprint density at radius 2 is 2.00 bits per heavy atom. The molecule has 0 aliphatic carbocycles. The van der Waals surface area contributed by atoms with Crippen molar-refractivity contribution in [3.05, 3.63) is 35.7 Å². The highest BCUT2D eigenvalue weighted by Gasteiger charge is 2.27. The van der Waals surface area contributed by atoms with Gasteiger partial charge < -0.3 is 10.0 Å². The van der Waals surface area contributed by atoms with Crippen molar-refractivity contribution in [3.63, 3.8) is 0 Å². The molecule has 3 nitrogen and oxygen atoms in total. The third kappa shape index (κ3) is 3.38. The number of nitrogens with zero attached hydrogens (tertiary/aromatic N) is 1. The number of carboxylic acid groups (broad SMARTS) is 1. The normalized spacial score (nSPS) is 18.4. The van der Waals surface area contributed by atoms with Crippen LogP contribution in [0.1, 0.15) is 32.3 Å². The summed E-state index contributed by atoms with van der Waals surface area (Å²) in [5.41, 5.74) is 1.42. The molecule has 1 aromatic rings. The molecule has 1 aromatic carbocycles. The van der Waals surface area contributed by atoms with Gasteiger partial charge in [0.05, 0.1) is 5.69 Å². The maximum absolute atomic E-state index is 14.1. The van der Waals surface area contributed by atoms with Gasteiger partial charge in [-0.1, -0.05) is 26.0 Å². The Hall–Kier alpha value is -1.84. The molecule has 0 radical (unpaired) electrons. The van der Waals surface area contributed by atoms with Crippen molar-refractivity contribution in [1.82, 2.24) is 0 Å². The molecule has 2 rings (SSSR count). The molecule has 0 unspecified atom stereocenters. The standard InChI is InChI=1S/C16H20FNO2/c1-16(2)8-10-18(11-9-16)15-12(6-7-14(19)20)4-3-5-13(15)17/h3-7H,8-11H2,1-2H3,(H,19,20)/b7-6+. The number of benzene rings is 1. The van der Waals surface area contributed by atoms with Crippen LogP contribution in [0.25, 0.3) is 6.08 Å². The van der Waals surface area contributed by atoms with Crippen LogP contribution in [-0.2, 0) is 4.79 Å². The lowest BCUT2D eigenvalue weighted by Gasteiger charge is -2.38. The van der Waals surface area contributed by atoms with Crippen molar-refractivity contribution >= 4 is 17.7 Å². The summed E-state index contributed by atoms with van der Waals surface area (Å²) in [4.78, 5) is 12.7. The maximum Gasteiger partial charge on any atom is 0.328 e. The lowest BCUT2D eigenvalue weighted by molar-refractivity contribution is -0.131. The number of piperidine rings is 1. The van der Waals surface area contributed by atoms with Crippen LogP contribution in [0.5, 0.6) is 0 Å². The van der Waals surface area contributed by atoms with Gasteiger partial charge in [-0.05, 0) is 30.4 Å². The van der Waals surface area contributed by atoms with Crippen molar-refractivity contribution in [3.8, 4) is 0 Å². The molecule has 0 spiro atoms. The fourth-order valence-corrected chi connectivity index (χ4v) is 2.50. The Balaban J connectivity index is 2.29. The highest BCUT2D eigenvalue weighted by Crippen LogP contribution is 2.35. The van der Waals surface area contributed by atoms with Crippen LogP contribution in [-0.4, -0.2) is 24.2 Å². The Morgan fingerprint density at radius 1 is 1.35 bits per heavy atom. The minimum absolute atomic E-state index is 0.290. The van der Waals surface area contributed by atoms with Crippen LogP contribution in [0.4, 0.5) is 10.1 Å². The van der Waals surface area contributed by atoms with E-state index in [2.05, 4.69) is 13.8 Å². The van der Waals surface area contributed by atoms with Crippen molar-refractivity contribution in [2.45, 2.75) is 26.7 Å². The number of carboxylic acids is 1. The van der Waals surface area contributed by atoms with Gasteiger partial charge >= 0.3 is 5.97 Å². The second-order valence-electron chi connectivity index (χ2n) is 6.00. The van der Waals surface area contributed by atoms with E-state index in [1.807, 2.05) is 4.90 Å². The first-order valence-electron chi connectivity index (χ1n) is 6.83. The molecule has 1 N–H and O–H groups in total. The molecule has 1 aliphatic heterocycles. The van der Waals surface area contributed by atoms with E-state index >= 15 is 0 Å². The summed E-state index contributed by atoms with van der Waals surface area (Å²) >= 11 is 0. The Bertz CT molecular complexity index is 527. The molecule has 0 amide bonds. The van der Waals surface area contributed by atoms with Crippen molar-refractivity contribution in [2.75, 3.05) is 18.0 Å². The van der Waals surface area contributed by atoms with E-state index in [1.54, 1.807) is 12.1 Å². The van der Waals surface area contributed by atoms with Gasteiger partial charge in [-0.2, -0.15) is 0 Å². The summed E-state index contributed by atoms with van der Waals surface area (Å²) in [6, 6.07) is 4.78. The number of aliphatic carboxylic acids is 1. The lowest BCUT2D eigenvalue weighted by atomic mass is 9.82. The topological polar surface area (TPSA) is 40.5 Å². The number of hydrogen-bond acceptors (Lipinski definition) is 2. The molecule has 0 aromatic heterocycles. The van der Waals surface area contributed by atoms with Crippen molar-refractivity contribution in [2.24, 2.45) is 5.41 Å². The number of halogens is 1. The van der Waals surface area contributed by atoms with Crippen LogP contribution in [0.15, 0.2) is 24.3 Å². The number of para-hydroxylation sites is 1. The van der Waals surface area contributed by atoms with Crippen LogP contribution in [0, 0.1) is 11.2 Å². The molecule has 0 saturated carbocycles. The fraction of sp³-hybridized carbons (Fsp3) is 0.438. The summed E-state index contributed by atoms with van der Waals surface area (Å²) in [5.74, 6) is -1.32. The van der Waals surface area contributed by atoms with Gasteiger partial charge in [0.1, 0.15) is 5.82 Å². The van der Waals surface area contributed by atoms with E-state index in [0.29, 0.717) is 16.7 Å². The highest BCUT2D eigenvalue weighted by atomic mass is 19.1. The van der Waals surface area contributed by atoms with Gasteiger partial charge in [-0.15, -0.1) is 0 Å². The van der Waals surface area contributed by atoms with Crippen LogP contribution in [0.2, 0.25) is 0 Å². The first-order valence-corrected chi connectivity index (χ1v) is 6.83. The van der Waals surface area contributed by atoms with Gasteiger partial charge in [-0.25, -0.2) is 9.18 Å². The monoisotopic (exact) mass is 277 g/mol. The van der Waals surface area contributed by atoms with Gasteiger partial charge in [-0.3, -0.25) is 0 Å². The SMILES string of the molecule is CC1(C)CCN(c2c(F)cccc2/C=C/C(=O)O)CC1. The Morgan fingerprint density at radius 3 is 2.60 bits per heavy atom. The molecule has 0 atom stereocenters. The van der Waals surface area contributed by atoms with Crippen molar-refractivity contribution in [1.29, 1.82) is 0 Å². The summed E-state index contributed by atoms with van der Waals surface area (Å²) in [6.07, 6.45) is 4.51. The average molecular weight is 277 g/mol.